The lowest BCUT2D eigenvalue weighted by Gasteiger charge is -1.95. The first-order chi connectivity index (χ1) is 5.81. The van der Waals surface area contributed by atoms with Crippen LogP contribution in [0, 0.1) is 5.82 Å². The molecule has 1 aromatic carbocycles. The number of fused-ring (bicyclic) bond motifs is 1. The molecule has 0 atom stereocenters. The van der Waals surface area contributed by atoms with E-state index in [1.807, 2.05) is 0 Å². The van der Waals surface area contributed by atoms with Crippen LogP contribution >= 0.6 is 0 Å². The second kappa shape index (κ2) is 2.48. The fourth-order valence-corrected chi connectivity index (χ4v) is 1.16. The number of hydrogen-bond acceptors (Lipinski definition) is 3. The van der Waals surface area contributed by atoms with E-state index in [-0.39, 0.29) is 12.4 Å². The summed E-state index contributed by atoms with van der Waals surface area (Å²) in [6.45, 7) is 0.204. The lowest BCUT2D eigenvalue weighted by Crippen LogP contribution is -2.01. The summed E-state index contributed by atoms with van der Waals surface area (Å²) in [6, 6.07) is 4.11. The molecule has 0 bridgehead atoms. The van der Waals surface area contributed by atoms with E-state index in [2.05, 4.69) is 5.16 Å². The number of halogens is 1. The van der Waals surface area contributed by atoms with Gasteiger partial charge in [-0.15, -0.1) is 0 Å². The van der Waals surface area contributed by atoms with Gasteiger partial charge in [-0.2, -0.15) is 0 Å². The molecular weight excluding hydrogens is 161 g/mol. The van der Waals surface area contributed by atoms with Gasteiger partial charge in [-0.1, -0.05) is 5.16 Å². The van der Waals surface area contributed by atoms with Crippen LogP contribution in [0.3, 0.4) is 0 Å². The molecule has 2 rings (SSSR count). The molecule has 12 heavy (non-hydrogen) atoms. The van der Waals surface area contributed by atoms with Gasteiger partial charge in [0, 0.05) is 5.56 Å². The first kappa shape index (κ1) is 7.09. The molecule has 4 heteroatoms. The lowest BCUT2D eigenvalue weighted by atomic mass is 10.1. The van der Waals surface area contributed by atoms with Gasteiger partial charge in [-0.3, -0.25) is 0 Å². The second-order valence-electron chi connectivity index (χ2n) is 2.48. The predicted molar refractivity (Wildman–Crippen MR) is 40.2 cm³/mol. The van der Waals surface area contributed by atoms with Crippen molar-refractivity contribution >= 4 is 5.71 Å². The van der Waals surface area contributed by atoms with Crippen LogP contribution in [0.1, 0.15) is 5.56 Å². The summed E-state index contributed by atoms with van der Waals surface area (Å²) in [5.74, 6) is 0.199. The highest BCUT2D eigenvalue weighted by molar-refractivity contribution is 6.05. The molecular formula is C8H6FNO2. The third kappa shape index (κ3) is 0.922. The highest BCUT2D eigenvalue weighted by Gasteiger charge is 2.19. The van der Waals surface area contributed by atoms with Crippen molar-refractivity contribution in [2.24, 2.45) is 5.16 Å². The van der Waals surface area contributed by atoms with Crippen molar-refractivity contribution in [1.29, 1.82) is 0 Å². The van der Waals surface area contributed by atoms with E-state index in [1.54, 1.807) is 0 Å². The van der Waals surface area contributed by atoms with Crippen molar-refractivity contribution in [1.82, 2.24) is 0 Å². The predicted octanol–water partition coefficient (Wildman–Crippen LogP) is 1.40. The number of nitrogens with zero attached hydrogens (tertiary/aromatic N) is 1. The monoisotopic (exact) mass is 167 g/mol. The van der Waals surface area contributed by atoms with E-state index >= 15 is 0 Å². The van der Waals surface area contributed by atoms with Crippen LogP contribution in [0.25, 0.3) is 0 Å². The Hall–Kier alpha value is -1.58. The molecule has 0 saturated heterocycles. The molecule has 0 amide bonds. The number of oxime groups is 1. The van der Waals surface area contributed by atoms with Crippen LogP contribution in [0.4, 0.5) is 4.39 Å². The minimum absolute atomic E-state index is 0.204. The zero-order valence-corrected chi connectivity index (χ0v) is 6.12. The molecule has 0 fully saturated rings. The Bertz CT molecular complexity index is 349. The van der Waals surface area contributed by atoms with Crippen LogP contribution in [0.15, 0.2) is 23.4 Å². The van der Waals surface area contributed by atoms with E-state index in [4.69, 9.17) is 9.94 Å². The molecule has 0 aliphatic carbocycles. The van der Waals surface area contributed by atoms with E-state index in [9.17, 15) is 4.39 Å². The van der Waals surface area contributed by atoms with Crippen molar-refractivity contribution < 1.29 is 14.3 Å². The van der Waals surface area contributed by atoms with E-state index in [1.165, 1.54) is 18.2 Å². The van der Waals surface area contributed by atoms with Crippen LogP contribution in [0.5, 0.6) is 5.75 Å². The summed E-state index contributed by atoms with van der Waals surface area (Å²) in [5.41, 5.74) is 0.891. The third-order valence-corrected chi connectivity index (χ3v) is 1.74. The molecule has 1 N–H and O–H groups in total. The molecule has 1 heterocycles. The van der Waals surface area contributed by atoms with Gasteiger partial charge in [0.1, 0.15) is 23.9 Å². The average molecular weight is 167 g/mol. The van der Waals surface area contributed by atoms with Crippen molar-refractivity contribution in [2.75, 3.05) is 6.61 Å². The zero-order valence-electron chi connectivity index (χ0n) is 6.12. The maximum Gasteiger partial charge on any atom is 0.134 e. The fourth-order valence-electron chi connectivity index (χ4n) is 1.16. The number of ether oxygens (including phenoxy) is 1. The SMILES string of the molecule is O/N=C1/COc2ccc(F)cc21. The Kier molecular flexibility index (Phi) is 1.46. The summed E-state index contributed by atoms with van der Waals surface area (Å²) >= 11 is 0. The second-order valence-corrected chi connectivity index (χ2v) is 2.48. The van der Waals surface area contributed by atoms with Crippen LogP contribution < -0.4 is 4.74 Å². The van der Waals surface area contributed by atoms with Gasteiger partial charge in [-0.05, 0) is 18.2 Å². The third-order valence-electron chi connectivity index (χ3n) is 1.74. The molecule has 3 nitrogen and oxygen atoms in total. The molecule has 0 aromatic heterocycles. The summed E-state index contributed by atoms with van der Waals surface area (Å²) in [7, 11) is 0. The van der Waals surface area contributed by atoms with Crippen molar-refractivity contribution in [3.8, 4) is 5.75 Å². The van der Waals surface area contributed by atoms with E-state index < -0.39 is 0 Å². The summed E-state index contributed by atoms with van der Waals surface area (Å²) in [4.78, 5) is 0. The van der Waals surface area contributed by atoms with Crippen LogP contribution in [0.2, 0.25) is 0 Å². The lowest BCUT2D eigenvalue weighted by molar-refractivity contribution is 0.313. The number of rotatable bonds is 0. The van der Waals surface area contributed by atoms with E-state index in [0.29, 0.717) is 17.0 Å². The Morgan fingerprint density at radius 2 is 2.33 bits per heavy atom. The minimum atomic E-state index is -0.361. The summed E-state index contributed by atoms with van der Waals surface area (Å²) in [5, 5.41) is 11.5. The van der Waals surface area contributed by atoms with Crippen molar-refractivity contribution in [2.45, 2.75) is 0 Å². The standard InChI is InChI=1S/C8H6FNO2/c9-5-1-2-8-6(3-5)7(10-11)4-12-8/h1-3,11H,4H2/b10-7-. The maximum absolute atomic E-state index is 12.7. The topological polar surface area (TPSA) is 41.8 Å². The molecule has 1 aromatic rings. The largest absolute Gasteiger partial charge is 0.486 e. The molecule has 0 saturated carbocycles. The molecule has 0 unspecified atom stereocenters. The Labute approximate surface area is 68.1 Å². The quantitative estimate of drug-likeness (QED) is 0.468. The van der Waals surface area contributed by atoms with Gasteiger partial charge in [0.15, 0.2) is 0 Å². The fraction of sp³-hybridized carbons (Fsp3) is 0.125. The average Bonchev–Trinajstić information content (AvgIpc) is 2.46. The maximum atomic E-state index is 12.7. The summed E-state index contributed by atoms with van der Waals surface area (Å²) < 4.78 is 17.8. The normalized spacial score (nSPS) is 17.6. The highest BCUT2D eigenvalue weighted by Crippen LogP contribution is 2.25. The summed E-state index contributed by atoms with van der Waals surface area (Å²) in [6.07, 6.45) is 0. The van der Waals surface area contributed by atoms with Crippen LogP contribution in [-0.4, -0.2) is 17.5 Å². The van der Waals surface area contributed by atoms with Gasteiger partial charge in [0.25, 0.3) is 0 Å². The van der Waals surface area contributed by atoms with Gasteiger partial charge in [0.2, 0.25) is 0 Å². The molecule has 0 spiro atoms. The number of benzene rings is 1. The Morgan fingerprint density at radius 3 is 3.08 bits per heavy atom. The van der Waals surface area contributed by atoms with E-state index in [0.717, 1.165) is 0 Å². The van der Waals surface area contributed by atoms with Gasteiger partial charge in [0.05, 0.1) is 0 Å². The van der Waals surface area contributed by atoms with Gasteiger partial charge >= 0.3 is 0 Å². The van der Waals surface area contributed by atoms with Crippen LogP contribution in [-0.2, 0) is 0 Å². The number of hydrogen-bond donors (Lipinski definition) is 1. The Morgan fingerprint density at radius 1 is 1.50 bits per heavy atom. The molecule has 0 radical (unpaired) electrons. The van der Waals surface area contributed by atoms with Crippen molar-refractivity contribution in [3.05, 3.63) is 29.6 Å². The van der Waals surface area contributed by atoms with Gasteiger partial charge in [-0.25, -0.2) is 4.39 Å². The molecule has 1 aliphatic heterocycles. The van der Waals surface area contributed by atoms with Crippen molar-refractivity contribution in [3.63, 3.8) is 0 Å². The zero-order chi connectivity index (χ0) is 8.55. The molecule has 62 valence electrons. The first-order valence-electron chi connectivity index (χ1n) is 3.45. The first-order valence-corrected chi connectivity index (χ1v) is 3.45. The Balaban J connectivity index is 2.57. The van der Waals surface area contributed by atoms with Gasteiger partial charge < -0.3 is 9.94 Å². The minimum Gasteiger partial charge on any atom is -0.486 e. The highest BCUT2D eigenvalue weighted by atomic mass is 19.1. The molecule has 1 aliphatic rings. The smallest absolute Gasteiger partial charge is 0.134 e.